The smallest absolute Gasteiger partial charge is 0.185 e. The zero-order valence-corrected chi connectivity index (χ0v) is 9.22. The molecule has 0 unspecified atom stereocenters. The van der Waals surface area contributed by atoms with Gasteiger partial charge in [-0.3, -0.25) is 9.79 Å². The fraction of sp³-hybridized carbons (Fsp3) is 0.0909. The molecule has 0 radical (unpaired) electrons. The minimum absolute atomic E-state index is 0.0625. The van der Waals surface area contributed by atoms with Crippen molar-refractivity contribution >= 4 is 34.7 Å². The molecule has 1 aromatic rings. The maximum atomic E-state index is 11.6. The first-order valence-corrected chi connectivity index (χ1v) is 5.16. The van der Waals surface area contributed by atoms with Crippen LogP contribution in [0, 0.1) is 0 Å². The van der Waals surface area contributed by atoms with E-state index in [2.05, 4.69) is 4.99 Å². The molecule has 2 nitrogen and oxygen atoms in total. The fourth-order valence-corrected chi connectivity index (χ4v) is 1.96. The summed E-state index contributed by atoms with van der Waals surface area (Å²) in [6, 6.07) is 5.12. The number of benzene rings is 1. The van der Waals surface area contributed by atoms with E-state index in [0.29, 0.717) is 27.7 Å². The molecule has 0 aromatic heterocycles. The summed E-state index contributed by atoms with van der Waals surface area (Å²) in [7, 11) is 0. The van der Waals surface area contributed by atoms with E-state index in [1.54, 1.807) is 30.5 Å². The lowest BCUT2D eigenvalue weighted by Gasteiger charge is -2.10. The molecule has 1 aromatic carbocycles. The Hall–Kier alpha value is -1.12. The molecule has 0 fully saturated rings. The van der Waals surface area contributed by atoms with Crippen molar-refractivity contribution in [3.63, 3.8) is 0 Å². The van der Waals surface area contributed by atoms with Crippen LogP contribution in [0.1, 0.15) is 12.0 Å². The predicted molar refractivity (Wildman–Crippen MR) is 61.8 cm³/mol. The van der Waals surface area contributed by atoms with Gasteiger partial charge in [0.2, 0.25) is 0 Å². The first-order valence-electron chi connectivity index (χ1n) is 4.40. The average Bonchev–Trinajstić information content (AvgIpc) is 2.20. The number of hydrogen-bond acceptors (Lipinski definition) is 2. The zero-order chi connectivity index (χ0) is 10.8. The van der Waals surface area contributed by atoms with Crippen LogP contribution in [-0.4, -0.2) is 11.5 Å². The van der Waals surface area contributed by atoms with Gasteiger partial charge in [0.05, 0.1) is 10.0 Å². The van der Waals surface area contributed by atoms with Crippen LogP contribution in [-0.2, 0) is 4.79 Å². The molecule has 0 saturated carbocycles. The molecule has 0 atom stereocenters. The monoisotopic (exact) mass is 239 g/mol. The fourth-order valence-electron chi connectivity index (χ4n) is 1.38. The Morgan fingerprint density at radius 1 is 1.20 bits per heavy atom. The van der Waals surface area contributed by atoms with Crippen LogP contribution in [0.4, 0.5) is 0 Å². The summed E-state index contributed by atoms with van der Waals surface area (Å²) in [5.74, 6) is -0.0625. The Bertz CT molecular complexity index is 457. The van der Waals surface area contributed by atoms with Crippen LogP contribution in [0.3, 0.4) is 0 Å². The van der Waals surface area contributed by atoms with Gasteiger partial charge in [0.25, 0.3) is 0 Å². The van der Waals surface area contributed by atoms with Gasteiger partial charge in [-0.15, -0.1) is 0 Å². The quantitative estimate of drug-likeness (QED) is 0.740. The SMILES string of the molecule is O=C1CC=CN=C1c1c(Cl)cccc1Cl. The lowest BCUT2D eigenvalue weighted by atomic mass is 10.0. The van der Waals surface area contributed by atoms with Crippen LogP contribution in [0.25, 0.3) is 0 Å². The first kappa shape index (κ1) is 10.4. The summed E-state index contributed by atoms with van der Waals surface area (Å²) in [6.45, 7) is 0. The second-order valence-electron chi connectivity index (χ2n) is 3.09. The summed E-state index contributed by atoms with van der Waals surface area (Å²) in [5.41, 5.74) is 0.864. The number of nitrogens with zero attached hydrogens (tertiary/aromatic N) is 1. The van der Waals surface area contributed by atoms with Crippen molar-refractivity contribution < 1.29 is 4.79 Å². The summed E-state index contributed by atoms with van der Waals surface area (Å²) in [5, 5.41) is 0.898. The van der Waals surface area contributed by atoms with Gasteiger partial charge >= 0.3 is 0 Å². The number of ketones is 1. The predicted octanol–water partition coefficient (Wildman–Crippen LogP) is 3.27. The van der Waals surface area contributed by atoms with E-state index in [4.69, 9.17) is 23.2 Å². The third-order valence-electron chi connectivity index (χ3n) is 2.08. The molecular weight excluding hydrogens is 233 g/mol. The highest BCUT2D eigenvalue weighted by molar-refractivity contribution is 6.53. The number of carbonyl (C=O) groups is 1. The van der Waals surface area contributed by atoms with E-state index in [-0.39, 0.29) is 5.78 Å². The van der Waals surface area contributed by atoms with Gasteiger partial charge in [0, 0.05) is 18.2 Å². The Morgan fingerprint density at radius 3 is 2.47 bits per heavy atom. The number of hydrogen-bond donors (Lipinski definition) is 0. The lowest BCUT2D eigenvalue weighted by Crippen LogP contribution is -2.17. The van der Waals surface area contributed by atoms with Gasteiger partial charge in [-0.2, -0.15) is 0 Å². The van der Waals surface area contributed by atoms with Crippen molar-refractivity contribution in [2.24, 2.45) is 4.99 Å². The second kappa shape index (κ2) is 4.17. The highest BCUT2D eigenvalue weighted by Crippen LogP contribution is 2.26. The Labute approximate surface area is 97.2 Å². The lowest BCUT2D eigenvalue weighted by molar-refractivity contribution is -0.112. The maximum Gasteiger partial charge on any atom is 0.185 e. The number of halogens is 2. The molecule has 15 heavy (non-hydrogen) atoms. The number of rotatable bonds is 1. The highest BCUT2D eigenvalue weighted by Gasteiger charge is 2.19. The minimum atomic E-state index is -0.0625. The van der Waals surface area contributed by atoms with Gasteiger partial charge < -0.3 is 0 Å². The van der Waals surface area contributed by atoms with Crippen molar-refractivity contribution in [1.29, 1.82) is 0 Å². The molecule has 0 N–H and O–H groups in total. The summed E-state index contributed by atoms with van der Waals surface area (Å²) in [4.78, 5) is 15.6. The molecule has 0 aliphatic carbocycles. The molecule has 0 amide bonds. The van der Waals surface area contributed by atoms with Crippen LogP contribution in [0.5, 0.6) is 0 Å². The average molecular weight is 240 g/mol. The topological polar surface area (TPSA) is 29.4 Å². The van der Waals surface area contributed by atoms with Crippen molar-refractivity contribution in [3.05, 3.63) is 46.1 Å². The van der Waals surface area contributed by atoms with Crippen LogP contribution in [0.15, 0.2) is 35.5 Å². The molecular formula is C11H7Cl2NO. The standard InChI is InChI=1S/C11H7Cl2NO/c12-7-3-1-4-8(13)10(7)11-9(15)5-2-6-14-11/h1-4,6H,5H2. The van der Waals surface area contributed by atoms with Crippen LogP contribution in [0.2, 0.25) is 10.0 Å². The van der Waals surface area contributed by atoms with Gasteiger partial charge in [0.15, 0.2) is 5.78 Å². The van der Waals surface area contributed by atoms with Gasteiger partial charge in [-0.05, 0) is 12.1 Å². The van der Waals surface area contributed by atoms with Crippen molar-refractivity contribution in [2.75, 3.05) is 0 Å². The Morgan fingerprint density at radius 2 is 1.87 bits per heavy atom. The van der Waals surface area contributed by atoms with Crippen molar-refractivity contribution in [1.82, 2.24) is 0 Å². The van der Waals surface area contributed by atoms with Crippen molar-refractivity contribution in [2.45, 2.75) is 6.42 Å². The first-order chi connectivity index (χ1) is 7.20. The second-order valence-corrected chi connectivity index (χ2v) is 3.90. The molecule has 76 valence electrons. The third-order valence-corrected chi connectivity index (χ3v) is 2.71. The van der Waals surface area contributed by atoms with Gasteiger partial charge in [0.1, 0.15) is 5.71 Å². The number of allylic oxidation sites excluding steroid dienone is 1. The normalized spacial score (nSPS) is 15.3. The Kier molecular flexibility index (Phi) is 2.89. The summed E-state index contributed by atoms with van der Waals surface area (Å²) >= 11 is 12.0. The summed E-state index contributed by atoms with van der Waals surface area (Å²) in [6.07, 6.45) is 3.65. The Balaban J connectivity index is 2.58. The minimum Gasteiger partial charge on any atom is -0.292 e. The van der Waals surface area contributed by atoms with Crippen molar-refractivity contribution in [3.8, 4) is 0 Å². The molecule has 0 spiro atoms. The highest BCUT2D eigenvalue weighted by atomic mass is 35.5. The van der Waals surface area contributed by atoms with E-state index >= 15 is 0 Å². The number of Topliss-reactive ketones (excluding diaryl/α,β-unsaturated/α-hetero) is 1. The zero-order valence-electron chi connectivity index (χ0n) is 7.71. The van der Waals surface area contributed by atoms with E-state index in [9.17, 15) is 4.79 Å². The molecule has 1 heterocycles. The molecule has 0 saturated heterocycles. The number of aliphatic imine (C=N–C) groups is 1. The van der Waals surface area contributed by atoms with Gasteiger partial charge in [-0.1, -0.05) is 35.3 Å². The van der Waals surface area contributed by atoms with Gasteiger partial charge in [-0.25, -0.2) is 0 Å². The molecule has 2 rings (SSSR count). The van der Waals surface area contributed by atoms with E-state index < -0.39 is 0 Å². The molecule has 0 bridgehead atoms. The van der Waals surface area contributed by atoms with Crippen LogP contribution >= 0.6 is 23.2 Å². The van der Waals surface area contributed by atoms with Crippen LogP contribution < -0.4 is 0 Å². The number of carbonyl (C=O) groups excluding carboxylic acids is 1. The third kappa shape index (κ3) is 1.96. The van der Waals surface area contributed by atoms with E-state index in [1.807, 2.05) is 0 Å². The van der Waals surface area contributed by atoms with E-state index in [0.717, 1.165) is 0 Å². The maximum absolute atomic E-state index is 11.6. The molecule has 1 aliphatic heterocycles. The molecule has 4 heteroatoms. The summed E-state index contributed by atoms with van der Waals surface area (Å²) < 4.78 is 0. The largest absolute Gasteiger partial charge is 0.292 e. The molecule has 1 aliphatic rings. The van der Waals surface area contributed by atoms with E-state index in [1.165, 1.54) is 0 Å².